The largest absolute Gasteiger partial charge is 0.465 e. The van der Waals surface area contributed by atoms with Crippen molar-refractivity contribution in [2.75, 3.05) is 24.7 Å². The first kappa shape index (κ1) is 31.0. The van der Waals surface area contributed by atoms with Gasteiger partial charge in [-0.15, -0.1) is 13.2 Å². The Balaban J connectivity index is 1.64. The lowest BCUT2D eigenvalue weighted by molar-refractivity contribution is -0.160. The number of halogens is 1. The molecule has 0 saturated carbocycles. The fourth-order valence-electron chi connectivity index (χ4n) is 7.39. The number of allylic oxidation sites excluding steroid dienone is 1. The third-order valence-corrected chi connectivity index (χ3v) is 9.53. The average molecular weight is 607 g/mol. The van der Waals surface area contributed by atoms with Crippen molar-refractivity contribution in [3.63, 3.8) is 0 Å². The molecule has 3 saturated heterocycles. The molecule has 3 aliphatic rings. The lowest BCUT2D eigenvalue weighted by Gasteiger charge is -2.40. The highest BCUT2D eigenvalue weighted by Gasteiger charge is 2.79. The van der Waals surface area contributed by atoms with Crippen LogP contribution < -0.4 is 4.90 Å². The fourth-order valence-corrected chi connectivity index (χ4v) is 7.71. The number of benzene rings is 2. The zero-order valence-corrected chi connectivity index (χ0v) is 25.5. The number of carbonyl (C=O) groups excluding carboxylic acids is 3. The van der Waals surface area contributed by atoms with E-state index in [0.29, 0.717) is 42.0 Å². The Bertz CT molecular complexity index is 1390. The van der Waals surface area contributed by atoms with E-state index in [4.69, 9.17) is 21.1 Å². The molecule has 1 spiro atoms. The number of hydrogen-bond donors (Lipinski definition) is 1. The van der Waals surface area contributed by atoms with Gasteiger partial charge < -0.3 is 24.4 Å². The topological polar surface area (TPSA) is 96.4 Å². The van der Waals surface area contributed by atoms with Gasteiger partial charge in [0.25, 0.3) is 5.91 Å². The van der Waals surface area contributed by atoms with Gasteiger partial charge >= 0.3 is 5.97 Å². The lowest BCUT2D eigenvalue weighted by atomic mass is 9.66. The molecule has 2 amide bonds. The molecule has 3 fully saturated rings. The smallest absolute Gasteiger partial charge is 0.312 e. The van der Waals surface area contributed by atoms with Crippen molar-refractivity contribution in [1.82, 2.24) is 4.90 Å². The minimum Gasteiger partial charge on any atom is -0.465 e. The first-order valence-corrected chi connectivity index (χ1v) is 15.2. The van der Waals surface area contributed by atoms with Crippen molar-refractivity contribution in [1.29, 1.82) is 0 Å². The van der Waals surface area contributed by atoms with Gasteiger partial charge in [0.15, 0.2) is 0 Å². The molecule has 0 aromatic heterocycles. The number of aryl methyl sites for hydroxylation is 1. The van der Waals surface area contributed by atoms with E-state index in [-0.39, 0.29) is 13.2 Å². The van der Waals surface area contributed by atoms with Gasteiger partial charge in [-0.25, -0.2) is 0 Å². The number of aliphatic hydroxyl groups is 1. The molecule has 3 heterocycles. The molecule has 228 valence electrons. The monoisotopic (exact) mass is 606 g/mol. The number of likely N-dealkylation sites (tertiary alicyclic amines) is 1. The molecule has 43 heavy (non-hydrogen) atoms. The highest BCUT2D eigenvalue weighted by molar-refractivity contribution is 6.34. The summed E-state index contributed by atoms with van der Waals surface area (Å²) in [6.45, 7) is 11.2. The normalized spacial score (nSPS) is 28.0. The maximum absolute atomic E-state index is 14.9. The highest BCUT2D eigenvalue weighted by atomic mass is 35.5. The number of unbranched alkanes of at least 4 members (excludes halogenated alkanes) is 1. The Labute approximate surface area is 257 Å². The second-order valence-corrected chi connectivity index (χ2v) is 12.2. The van der Waals surface area contributed by atoms with Crippen molar-refractivity contribution < 1.29 is 29.0 Å². The lowest BCUT2D eigenvalue weighted by Crippen LogP contribution is -2.57. The number of hydrogen-bond acceptors (Lipinski definition) is 6. The van der Waals surface area contributed by atoms with Gasteiger partial charge in [0.1, 0.15) is 17.6 Å². The minimum absolute atomic E-state index is 0.129. The van der Waals surface area contributed by atoms with Crippen LogP contribution in [0.2, 0.25) is 5.02 Å². The Morgan fingerprint density at radius 2 is 1.93 bits per heavy atom. The molecular formula is C34H39ClN2O6. The maximum Gasteiger partial charge on any atom is 0.312 e. The standard InChI is InChI=1S/C34H39ClN2O6/c1-5-7-11-20-42-32(41)27-26-30(39)37(25(21-38)23-14-9-8-10-15-23)29(34(26)18-17-33(27,4)43-34)31(40)36(19-6-2)28-22(3)13-12-16-24(28)35/h5-6,8-10,12-16,25-27,29,38H,1-2,7,11,17-21H2,3-4H3/t25-,26+,27-,29?,33+,34?/m1/s1. The number of amides is 2. The number of fused-ring (bicyclic) bond motifs is 1. The van der Waals surface area contributed by atoms with Crippen LogP contribution >= 0.6 is 11.6 Å². The summed E-state index contributed by atoms with van der Waals surface area (Å²) in [5, 5.41) is 11.1. The van der Waals surface area contributed by atoms with Crippen LogP contribution in [0.5, 0.6) is 0 Å². The third kappa shape index (κ3) is 5.09. The van der Waals surface area contributed by atoms with Crippen LogP contribution in [0.3, 0.4) is 0 Å². The summed E-state index contributed by atoms with van der Waals surface area (Å²) >= 11 is 6.66. The van der Waals surface area contributed by atoms with Gasteiger partial charge in [-0.05, 0) is 56.7 Å². The van der Waals surface area contributed by atoms with Crippen LogP contribution in [-0.2, 0) is 23.9 Å². The van der Waals surface area contributed by atoms with Crippen molar-refractivity contribution >= 4 is 35.1 Å². The van der Waals surface area contributed by atoms with Crippen molar-refractivity contribution in [3.05, 3.63) is 90.0 Å². The predicted octanol–water partition coefficient (Wildman–Crippen LogP) is 5.18. The van der Waals surface area contributed by atoms with Gasteiger partial charge in [-0.3, -0.25) is 14.4 Å². The molecule has 5 rings (SSSR count). The molecule has 2 unspecified atom stereocenters. The van der Waals surface area contributed by atoms with E-state index in [2.05, 4.69) is 13.2 Å². The molecule has 0 radical (unpaired) electrons. The first-order valence-electron chi connectivity index (χ1n) is 14.8. The molecular weight excluding hydrogens is 568 g/mol. The summed E-state index contributed by atoms with van der Waals surface area (Å²) in [6, 6.07) is 12.5. The number of para-hydroxylation sites is 1. The Morgan fingerprint density at radius 3 is 2.58 bits per heavy atom. The summed E-state index contributed by atoms with van der Waals surface area (Å²) < 4.78 is 12.4. The molecule has 9 heteroatoms. The Morgan fingerprint density at radius 1 is 1.19 bits per heavy atom. The Kier molecular flexibility index (Phi) is 8.84. The number of nitrogens with zero attached hydrogens (tertiary/aromatic N) is 2. The summed E-state index contributed by atoms with van der Waals surface area (Å²) in [5.41, 5.74) is -0.325. The number of rotatable bonds is 12. The van der Waals surface area contributed by atoms with E-state index in [1.165, 1.54) is 9.80 Å². The highest BCUT2D eigenvalue weighted by Crippen LogP contribution is 2.64. The third-order valence-electron chi connectivity index (χ3n) is 9.23. The second kappa shape index (κ2) is 12.3. The number of aliphatic hydroxyl groups excluding tert-OH is 1. The molecule has 2 bridgehead atoms. The van der Waals surface area contributed by atoms with Crippen LogP contribution in [0.4, 0.5) is 5.69 Å². The average Bonchev–Trinajstić information content (AvgIpc) is 3.56. The molecule has 2 aromatic rings. The minimum atomic E-state index is -1.30. The van der Waals surface area contributed by atoms with E-state index in [0.717, 1.165) is 5.56 Å². The van der Waals surface area contributed by atoms with E-state index < -0.39 is 59.5 Å². The molecule has 0 aliphatic carbocycles. The fraction of sp³-hybridized carbons (Fsp3) is 0.441. The van der Waals surface area contributed by atoms with Crippen LogP contribution in [-0.4, -0.2) is 64.8 Å². The van der Waals surface area contributed by atoms with E-state index in [1.807, 2.05) is 56.3 Å². The van der Waals surface area contributed by atoms with E-state index in [9.17, 15) is 19.5 Å². The predicted molar refractivity (Wildman–Crippen MR) is 164 cm³/mol. The second-order valence-electron chi connectivity index (χ2n) is 11.8. The Hall–Kier alpha value is -3.46. The van der Waals surface area contributed by atoms with Crippen LogP contribution in [0.25, 0.3) is 0 Å². The van der Waals surface area contributed by atoms with Crippen molar-refractivity contribution in [2.45, 2.75) is 62.8 Å². The van der Waals surface area contributed by atoms with Crippen LogP contribution in [0, 0.1) is 18.8 Å². The van der Waals surface area contributed by atoms with Gasteiger partial charge in [-0.2, -0.15) is 0 Å². The molecule has 2 aromatic carbocycles. The maximum atomic E-state index is 14.9. The van der Waals surface area contributed by atoms with Crippen LogP contribution in [0.15, 0.2) is 73.8 Å². The molecule has 1 N–H and O–H groups in total. The van der Waals surface area contributed by atoms with Gasteiger partial charge in [0, 0.05) is 6.54 Å². The summed E-state index contributed by atoms with van der Waals surface area (Å²) in [4.78, 5) is 46.2. The van der Waals surface area contributed by atoms with Crippen molar-refractivity contribution in [3.8, 4) is 0 Å². The zero-order valence-electron chi connectivity index (χ0n) is 24.7. The SMILES string of the molecule is C=CCCCOC(=O)[C@H]1[C@H]2C(=O)N([C@H](CO)c3ccccc3)C(C(=O)N(CC=C)c3c(C)cccc3Cl)C23CC[C@]1(C)O3. The number of esters is 1. The summed E-state index contributed by atoms with van der Waals surface area (Å²) in [5.74, 6) is -3.19. The number of anilines is 1. The number of carbonyl (C=O) groups is 3. The van der Waals surface area contributed by atoms with E-state index in [1.54, 1.807) is 18.2 Å². The summed E-state index contributed by atoms with van der Waals surface area (Å²) in [6.07, 6.45) is 5.54. The molecule has 3 aliphatic heterocycles. The molecule has 6 atom stereocenters. The number of ether oxygens (including phenoxy) is 2. The van der Waals surface area contributed by atoms with Gasteiger partial charge in [0.05, 0.1) is 41.5 Å². The van der Waals surface area contributed by atoms with Crippen molar-refractivity contribution in [2.24, 2.45) is 11.8 Å². The van der Waals surface area contributed by atoms with E-state index >= 15 is 0 Å². The van der Waals surface area contributed by atoms with Gasteiger partial charge in [0.2, 0.25) is 5.91 Å². The first-order chi connectivity index (χ1) is 20.6. The molecule has 8 nitrogen and oxygen atoms in total. The summed E-state index contributed by atoms with van der Waals surface area (Å²) in [7, 11) is 0. The van der Waals surface area contributed by atoms with Gasteiger partial charge in [-0.1, -0.05) is 66.2 Å². The van der Waals surface area contributed by atoms with Crippen LogP contribution in [0.1, 0.15) is 49.8 Å². The quantitative estimate of drug-likeness (QED) is 0.203. The zero-order chi connectivity index (χ0) is 30.9.